The van der Waals surface area contributed by atoms with Gasteiger partial charge in [-0.05, 0) is 36.4 Å². The second-order valence-corrected chi connectivity index (χ2v) is 4.94. The minimum Gasteiger partial charge on any atom is -0.423 e. The zero-order chi connectivity index (χ0) is 16.6. The van der Waals surface area contributed by atoms with Gasteiger partial charge in [-0.25, -0.2) is 13.2 Å². The molecule has 0 aliphatic rings. The molecule has 1 aromatic heterocycles. The maximum Gasteiger partial charge on any atom is 0.310 e. The van der Waals surface area contributed by atoms with Crippen molar-refractivity contribution in [3.8, 4) is 17.0 Å². The number of H-pyrrole nitrogens is 1. The van der Waals surface area contributed by atoms with E-state index in [4.69, 9.17) is 4.74 Å². The first-order valence-electron chi connectivity index (χ1n) is 6.97. The van der Waals surface area contributed by atoms with E-state index in [1.807, 2.05) is 0 Å². The van der Waals surface area contributed by atoms with Gasteiger partial charge in [0, 0.05) is 12.0 Å². The van der Waals surface area contributed by atoms with Gasteiger partial charge in [-0.15, -0.1) is 0 Å². The lowest BCUT2D eigenvalue weighted by molar-refractivity contribution is -0.133. The van der Waals surface area contributed by atoms with Crippen molar-refractivity contribution in [1.29, 1.82) is 0 Å². The summed E-state index contributed by atoms with van der Waals surface area (Å²) in [4.78, 5) is 14.4. The first-order chi connectivity index (χ1) is 11.0. The van der Waals surface area contributed by atoms with Gasteiger partial charge in [-0.3, -0.25) is 4.79 Å². The number of nitrogens with one attached hydrogen (secondary N) is 1. The number of aromatic amines is 1. The molecule has 23 heavy (non-hydrogen) atoms. The number of rotatable bonds is 3. The van der Waals surface area contributed by atoms with E-state index in [0.29, 0.717) is 5.56 Å². The van der Waals surface area contributed by atoms with Crippen LogP contribution in [0.2, 0.25) is 0 Å². The van der Waals surface area contributed by atoms with E-state index in [2.05, 4.69) is 4.98 Å². The quantitative estimate of drug-likeness (QED) is 0.719. The number of carbonyl (C=O) groups excluding carboxylic acids is 1. The molecule has 0 atom stereocenters. The molecule has 0 amide bonds. The van der Waals surface area contributed by atoms with Crippen LogP contribution in [-0.4, -0.2) is 11.0 Å². The molecular formula is C17H12F3NO2. The molecule has 0 saturated heterocycles. The van der Waals surface area contributed by atoms with E-state index in [0.717, 1.165) is 12.1 Å². The molecule has 3 rings (SSSR count). The standard InChI is InChI=1S/C17H12F3NO2/c1-2-13(22)23-17-14-11(19)7-8-12(20)16(14)21-15(17)9-3-5-10(18)6-4-9/h3-8,21H,2H2,1H3. The van der Waals surface area contributed by atoms with Crippen molar-refractivity contribution in [2.75, 3.05) is 0 Å². The summed E-state index contributed by atoms with van der Waals surface area (Å²) in [5, 5.41) is -0.147. The largest absolute Gasteiger partial charge is 0.423 e. The lowest BCUT2D eigenvalue weighted by Gasteiger charge is -2.06. The highest BCUT2D eigenvalue weighted by Gasteiger charge is 2.22. The molecule has 0 fully saturated rings. The van der Waals surface area contributed by atoms with Crippen LogP contribution in [0, 0.1) is 17.5 Å². The second-order valence-electron chi connectivity index (χ2n) is 4.94. The average molecular weight is 319 g/mol. The van der Waals surface area contributed by atoms with Gasteiger partial charge in [0.1, 0.15) is 17.5 Å². The van der Waals surface area contributed by atoms with E-state index >= 15 is 0 Å². The Morgan fingerprint density at radius 2 is 1.70 bits per heavy atom. The number of halogens is 3. The van der Waals surface area contributed by atoms with E-state index in [1.165, 1.54) is 24.3 Å². The highest BCUT2D eigenvalue weighted by Crippen LogP contribution is 2.39. The third-order valence-corrected chi connectivity index (χ3v) is 3.45. The molecule has 3 nitrogen and oxygen atoms in total. The van der Waals surface area contributed by atoms with Crippen molar-refractivity contribution in [2.45, 2.75) is 13.3 Å². The predicted octanol–water partition coefficient (Wildman–Crippen LogP) is 4.57. The molecule has 0 aliphatic carbocycles. The Hall–Kier alpha value is -2.76. The summed E-state index contributed by atoms with van der Waals surface area (Å²) in [5.74, 6) is -2.53. The zero-order valence-electron chi connectivity index (χ0n) is 12.1. The Labute approximate surface area is 129 Å². The van der Waals surface area contributed by atoms with Crippen LogP contribution in [0.25, 0.3) is 22.2 Å². The topological polar surface area (TPSA) is 42.1 Å². The molecule has 1 N–H and O–H groups in total. The van der Waals surface area contributed by atoms with E-state index in [9.17, 15) is 18.0 Å². The van der Waals surface area contributed by atoms with Crippen molar-refractivity contribution in [3.63, 3.8) is 0 Å². The SMILES string of the molecule is CCC(=O)Oc1c(-c2ccc(F)cc2)[nH]c2c(F)ccc(F)c12. The molecule has 0 bridgehead atoms. The van der Waals surface area contributed by atoms with Crippen LogP contribution >= 0.6 is 0 Å². The van der Waals surface area contributed by atoms with Crippen LogP contribution in [0.5, 0.6) is 5.75 Å². The van der Waals surface area contributed by atoms with Gasteiger partial charge in [0.05, 0.1) is 16.6 Å². The Balaban J connectivity index is 2.29. The fraction of sp³-hybridized carbons (Fsp3) is 0.118. The lowest BCUT2D eigenvalue weighted by Crippen LogP contribution is -2.06. The molecule has 0 unspecified atom stereocenters. The number of esters is 1. The summed E-state index contributed by atoms with van der Waals surface area (Å²) < 4.78 is 46.4. The molecule has 0 aliphatic heterocycles. The Morgan fingerprint density at radius 3 is 2.35 bits per heavy atom. The number of carbonyl (C=O) groups is 1. The smallest absolute Gasteiger partial charge is 0.310 e. The van der Waals surface area contributed by atoms with Crippen molar-refractivity contribution >= 4 is 16.9 Å². The number of fused-ring (bicyclic) bond motifs is 1. The minimum absolute atomic E-state index is 0.0759. The van der Waals surface area contributed by atoms with Crippen LogP contribution < -0.4 is 4.74 Å². The first kappa shape index (κ1) is 15.1. The van der Waals surface area contributed by atoms with Gasteiger partial charge in [0.15, 0.2) is 5.75 Å². The van der Waals surface area contributed by atoms with Crippen LogP contribution in [0.1, 0.15) is 13.3 Å². The normalized spacial score (nSPS) is 11.0. The van der Waals surface area contributed by atoms with Gasteiger partial charge in [0.2, 0.25) is 0 Å². The lowest BCUT2D eigenvalue weighted by atomic mass is 10.1. The van der Waals surface area contributed by atoms with Crippen molar-refractivity contribution < 1.29 is 22.7 Å². The summed E-state index contributed by atoms with van der Waals surface area (Å²) in [7, 11) is 0. The fourth-order valence-corrected chi connectivity index (χ4v) is 2.31. The number of hydrogen-bond acceptors (Lipinski definition) is 2. The third-order valence-electron chi connectivity index (χ3n) is 3.45. The molecule has 1 heterocycles. The highest BCUT2D eigenvalue weighted by molar-refractivity contribution is 5.97. The Morgan fingerprint density at radius 1 is 1.04 bits per heavy atom. The molecule has 0 spiro atoms. The average Bonchev–Trinajstić information content (AvgIpc) is 2.92. The van der Waals surface area contributed by atoms with E-state index < -0.39 is 23.4 Å². The molecular weight excluding hydrogens is 307 g/mol. The Bertz CT molecular complexity index is 885. The predicted molar refractivity (Wildman–Crippen MR) is 79.5 cm³/mol. The maximum absolute atomic E-state index is 14.1. The molecule has 2 aromatic carbocycles. The van der Waals surface area contributed by atoms with Crippen LogP contribution in [-0.2, 0) is 4.79 Å². The maximum atomic E-state index is 14.1. The zero-order valence-corrected chi connectivity index (χ0v) is 12.1. The third kappa shape index (κ3) is 2.67. The van der Waals surface area contributed by atoms with Crippen molar-refractivity contribution in [3.05, 3.63) is 53.8 Å². The fourth-order valence-electron chi connectivity index (χ4n) is 2.31. The van der Waals surface area contributed by atoms with Gasteiger partial charge >= 0.3 is 5.97 Å². The van der Waals surface area contributed by atoms with Crippen molar-refractivity contribution in [1.82, 2.24) is 4.98 Å². The number of benzene rings is 2. The van der Waals surface area contributed by atoms with Crippen LogP contribution in [0.15, 0.2) is 36.4 Å². The van der Waals surface area contributed by atoms with Gasteiger partial charge < -0.3 is 9.72 Å². The van der Waals surface area contributed by atoms with Crippen molar-refractivity contribution in [2.24, 2.45) is 0 Å². The second kappa shape index (κ2) is 5.79. The molecule has 3 aromatic rings. The molecule has 6 heteroatoms. The van der Waals surface area contributed by atoms with E-state index in [-0.39, 0.29) is 28.8 Å². The summed E-state index contributed by atoms with van der Waals surface area (Å²) in [5.41, 5.74) is 0.550. The van der Waals surface area contributed by atoms with Gasteiger partial charge in [-0.2, -0.15) is 0 Å². The monoisotopic (exact) mass is 319 g/mol. The number of ether oxygens (including phenoxy) is 1. The molecule has 0 radical (unpaired) electrons. The van der Waals surface area contributed by atoms with Gasteiger partial charge in [-0.1, -0.05) is 6.92 Å². The van der Waals surface area contributed by atoms with Crippen LogP contribution in [0.3, 0.4) is 0 Å². The minimum atomic E-state index is -0.718. The Kier molecular flexibility index (Phi) is 3.82. The summed E-state index contributed by atoms with van der Waals surface area (Å²) in [6, 6.07) is 7.22. The summed E-state index contributed by atoms with van der Waals surface area (Å²) >= 11 is 0. The molecule has 0 saturated carbocycles. The van der Waals surface area contributed by atoms with E-state index in [1.54, 1.807) is 6.92 Å². The van der Waals surface area contributed by atoms with Crippen LogP contribution in [0.4, 0.5) is 13.2 Å². The molecule has 118 valence electrons. The van der Waals surface area contributed by atoms with Gasteiger partial charge in [0.25, 0.3) is 0 Å². The summed E-state index contributed by atoms with van der Waals surface area (Å²) in [6.07, 6.45) is 0.0759. The summed E-state index contributed by atoms with van der Waals surface area (Å²) in [6.45, 7) is 1.59. The first-order valence-corrected chi connectivity index (χ1v) is 6.97. The number of aromatic nitrogens is 1. The number of hydrogen-bond donors (Lipinski definition) is 1. The highest BCUT2D eigenvalue weighted by atomic mass is 19.1.